The lowest BCUT2D eigenvalue weighted by Gasteiger charge is -2.44. The smallest absolute Gasteiger partial charge is 0.220 e. The average molecular weight is 551 g/mol. The molecule has 2 aliphatic rings. The Kier molecular flexibility index (Phi) is 14.1. The van der Waals surface area contributed by atoms with Gasteiger partial charge in [-0.05, 0) is 47.5 Å². The van der Waals surface area contributed by atoms with Crippen molar-refractivity contribution in [2.75, 3.05) is 13.2 Å². The van der Waals surface area contributed by atoms with Gasteiger partial charge in [0.15, 0.2) is 0 Å². The molecule has 0 aromatic heterocycles. The summed E-state index contributed by atoms with van der Waals surface area (Å²) in [7, 11) is 0. The molecule has 0 spiro atoms. The van der Waals surface area contributed by atoms with E-state index in [0.717, 1.165) is 0 Å². The lowest BCUT2D eigenvalue weighted by Crippen LogP contribution is -2.62. The Morgan fingerprint density at radius 1 is 0.842 bits per heavy atom. The number of amides is 2. The van der Waals surface area contributed by atoms with Gasteiger partial charge >= 0.3 is 0 Å². The molecule has 0 saturated heterocycles. The second-order valence-electron chi connectivity index (χ2n) is 11.5. The molecule has 0 aromatic carbocycles. The van der Waals surface area contributed by atoms with E-state index in [1.165, 1.54) is 6.92 Å². The lowest BCUT2D eigenvalue weighted by atomic mass is 9.79. The molecule has 12 nitrogen and oxygen atoms in total. The van der Waals surface area contributed by atoms with E-state index in [-0.39, 0.29) is 31.1 Å². The molecule has 224 valence electrons. The van der Waals surface area contributed by atoms with Gasteiger partial charge in [-0.1, -0.05) is 6.92 Å². The van der Waals surface area contributed by atoms with Crippen molar-refractivity contribution in [3.63, 3.8) is 0 Å². The van der Waals surface area contributed by atoms with E-state index >= 15 is 0 Å². The summed E-state index contributed by atoms with van der Waals surface area (Å²) in [6.07, 6.45) is -4.24. The zero-order chi connectivity index (χ0) is 29.4. The Balaban J connectivity index is 0.000000382. The van der Waals surface area contributed by atoms with Gasteiger partial charge in [-0.25, -0.2) is 0 Å². The van der Waals surface area contributed by atoms with E-state index in [4.69, 9.17) is 9.47 Å². The summed E-state index contributed by atoms with van der Waals surface area (Å²) < 4.78 is 11.5. The predicted octanol–water partition coefficient (Wildman–Crippen LogP) is -1.18. The molecular formula is C26H50N2O10. The molecule has 2 fully saturated rings. The lowest BCUT2D eigenvalue weighted by molar-refractivity contribution is -0.166. The van der Waals surface area contributed by atoms with Gasteiger partial charge in [-0.15, -0.1) is 0 Å². The van der Waals surface area contributed by atoms with Gasteiger partial charge in [0.05, 0.1) is 48.2 Å². The first-order valence-corrected chi connectivity index (χ1v) is 13.4. The summed E-state index contributed by atoms with van der Waals surface area (Å²) in [6.45, 7) is 12.0. The molecule has 2 aliphatic carbocycles. The molecule has 2 unspecified atom stereocenters. The van der Waals surface area contributed by atoms with Crippen molar-refractivity contribution < 1.29 is 49.7 Å². The van der Waals surface area contributed by atoms with Crippen molar-refractivity contribution in [1.82, 2.24) is 10.6 Å². The van der Waals surface area contributed by atoms with Crippen molar-refractivity contribution in [2.45, 2.75) is 128 Å². The van der Waals surface area contributed by atoms with E-state index in [1.54, 1.807) is 6.92 Å². The first kappa shape index (κ1) is 34.6. The Morgan fingerprint density at radius 3 is 1.66 bits per heavy atom. The molecule has 8 N–H and O–H groups in total. The van der Waals surface area contributed by atoms with Gasteiger partial charge in [0, 0.05) is 38.4 Å². The Bertz CT molecular complexity index is 731. The SMILES string of the molecule is CC(=O)N[C@H]1C(OC(C)C)C[C@H](CO)[C@H](O)[C@@H]1O.CCC(=O)N[C@H]1C(OC(C)(C)C)C[C@H](CO)[C@H](O)[C@@H]1O. The van der Waals surface area contributed by atoms with Crippen LogP contribution >= 0.6 is 0 Å². The van der Waals surface area contributed by atoms with Crippen LogP contribution < -0.4 is 10.6 Å². The topological polar surface area (TPSA) is 198 Å². The maximum absolute atomic E-state index is 11.6. The minimum absolute atomic E-state index is 0.0620. The standard InChI is InChI=1S/C14H27NO5.C12H23NO5/c1-5-10(17)15-11-9(20-14(2,3)4)6-8(7-16)12(18)13(11)19;1-6(2)18-9-4-8(5-14)11(16)12(17)10(9)13-7(3)15/h8-9,11-13,16,18-19H,5-7H2,1-4H3,(H,15,17);6,8-12,14,16-17H,4-5H2,1-3H3,(H,13,15)/t8-,9?,11+,12+,13-;8-,9?,10+,11+,12-/m11/s1. The number of ether oxygens (including phenoxy) is 2. The second-order valence-corrected chi connectivity index (χ2v) is 11.5. The zero-order valence-electron chi connectivity index (χ0n) is 23.7. The monoisotopic (exact) mass is 550 g/mol. The molecule has 2 amide bonds. The fourth-order valence-corrected chi connectivity index (χ4v) is 4.90. The largest absolute Gasteiger partial charge is 0.396 e. The number of aliphatic hydroxyl groups is 6. The zero-order valence-corrected chi connectivity index (χ0v) is 23.7. The number of nitrogens with one attached hydrogen (secondary N) is 2. The first-order chi connectivity index (χ1) is 17.6. The van der Waals surface area contributed by atoms with Gasteiger partial charge in [-0.3, -0.25) is 9.59 Å². The fraction of sp³-hybridized carbons (Fsp3) is 0.923. The molecule has 2 saturated carbocycles. The minimum Gasteiger partial charge on any atom is -0.396 e. The summed E-state index contributed by atoms with van der Waals surface area (Å²) in [4.78, 5) is 22.7. The Morgan fingerprint density at radius 2 is 1.29 bits per heavy atom. The number of carbonyl (C=O) groups is 2. The number of aliphatic hydroxyl groups excluding tert-OH is 6. The maximum Gasteiger partial charge on any atom is 0.220 e. The molecular weight excluding hydrogens is 500 g/mol. The summed E-state index contributed by atoms with van der Waals surface area (Å²) >= 11 is 0. The highest BCUT2D eigenvalue weighted by Crippen LogP contribution is 2.31. The highest BCUT2D eigenvalue weighted by Gasteiger charge is 2.46. The van der Waals surface area contributed by atoms with Crippen LogP contribution in [0.25, 0.3) is 0 Å². The third-order valence-electron chi connectivity index (χ3n) is 6.71. The predicted molar refractivity (Wildman–Crippen MR) is 139 cm³/mol. The molecule has 38 heavy (non-hydrogen) atoms. The van der Waals surface area contributed by atoms with Crippen LogP contribution in [0.4, 0.5) is 0 Å². The molecule has 0 aliphatic heterocycles. The van der Waals surface area contributed by atoms with Crippen molar-refractivity contribution in [3.8, 4) is 0 Å². The van der Waals surface area contributed by atoms with E-state index in [2.05, 4.69) is 10.6 Å². The normalized spacial score (nSPS) is 35.7. The van der Waals surface area contributed by atoms with Crippen molar-refractivity contribution in [3.05, 3.63) is 0 Å². The van der Waals surface area contributed by atoms with Crippen molar-refractivity contribution in [2.24, 2.45) is 11.8 Å². The van der Waals surface area contributed by atoms with Crippen LogP contribution in [0.2, 0.25) is 0 Å². The summed E-state index contributed by atoms with van der Waals surface area (Å²) in [5.41, 5.74) is -0.443. The highest BCUT2D eigenvalue weighted by atomic mass is 16.5. The molecule has 12 heteroatoms. The summed E-state index contributed by atoms with van der Waals surface area (Å²) in [5.74, 6) is -1.38. The van der Waals surface area contributed by atoms with Gasteiger partial charge < -0.3 is 50.7 Å². The van der Waals surface area contributed by atoms with E-state index in [1.807, 2.05) is 34.6 Å². The number of hydrogen-bond acceptors (Lipinski definition) is 10. The molecule has 0 bridgehead atoms. The maximum atomic E-state index is 11.6. The van der Waals surface area contributed by atoms with Gasteiger partial charge in [0.1, 0.15) is 12.2 Å². The van der Waals surface area contributed by atoms with Gasteiger partial charge in [0.25, 0.3) is 0 Å². The van der Waals surface area contributed by atoms with Crippen LogP contribution in [0.5, 0.6) is 0 Å². The third kappa shape index (κ3) is 10.3. The molecule has 10 atom stereocenters. The Labute approximate surface area is 225 Å². The van der Waals surface area contributed by atoms with Gasteiger partial charge in [0.2, 0.25) is 11.8 Å². The quantitative estimate of drug-likeness (QED) is 0.182. The first-order valence-electron chi connectivity index (χ1n) is 13.4. The van der Waals surface area contributed by atoms with Crippen LogP contribution in [-0.4, -0.2) is 116 Å². The van der Waals surface area contributed by atoms with Crippen LogP contribution in [-0.2, 0) is 19.1 Å². The highest BCUT2D eigenvalue weighted by molar-refractivity contribution is 5.76. The van der Waals surface area contributed by atoms with Crippen LogP contribution in [0, 0.1) is 11.8 Å². The summed E-state index contributed by atoms with van der Waals surface area (Å²) in [5, 5.41) is 63.9. The van der Waals surface area contributed by atoms with E-state index in [0.29, 0.717) is 19.3 Å². The van der Waals surface area contributed by atoms with Crippen molar-refractivity contribution in [1.29, 1.82) is 0 Å². The number of hydrogen-bond donors (Lipinski definition) is 8. The van der Waals surface area contributed by atoms with E-state index in [9.17, 15) is 40.2 Å². The summed E-state index contributed by atoms with van der Waals surface area (Å²) in [6, 6.07) is -1.32. The Hall–Kier alpha value is -1.38. The molecule has 2 rings (SSSR count). The van der Waals surface area contributed by atoms with E-state index < -0.39 is 66.1 Å². The van der Waals surface area contributed by atoms with Crippen LogP contribution in [0.15, 0.2) is 0 Å². The van der Waals surface area contributed by atoms with Gasteiger partial charge in [-0.2, -0.15) is 0 Å². The average Bonchev–Trinajstić information content (AvgIpc) is 2.82. The molecule has 0 radical (unpaired) electrons. The number of carbonyl (C=O) groups excluding carboxylic acids is 2. The fourth-order valence-electron chi connectivity index (χ4n) is 4.90. The third-order valence-corrected chi connectivity index (χ3v) is 6.71. The number of rotatable bonds is 8. The van der Waals surface area contributed by atoms with Crippen molar-refractivity contribution >= 4 is 11.8 Å². The second kappa shape index (κ2) is 15.4. The van der Waals surface area contributed by atoms with Crippen LogP contribution in [0.3, 0.4) is 0 Å². The molecule has 0 heterocycles. The van der Waals surface area contributed by atoms with Crippen LogP contribution in [0.1, 0.15) is 67.7 Å². The molecule has 0 aromatic rings. The minimum atomic E-state index is -1.15.